The second kappa shape index (κ2) is 2.40. The molecule has 0 N–H and O–H groups in total. The van der Waals surface area contributed by atoms with E-state index in [9.17, 15) is 0 Å². The van der Waals surface area contributed by atoms with Gasteiger partial charge in [-0.1, -0.05) is 0 Å². The van der Waals surface area contributed by atoms with Crippen LogP contribution in [0.25, 0.3) is 0 Å². The lowest BCUT2D eigenvalue weighted by Gasteiger charge is -1.98. The molecule has 10 heavy (non-hydrogen) atoms. The summed E-state index contributed by atoms with van der Waals surface area (Å²) in [5.74, 6) is 0.414. The van der Waals surface area contributed by atoms with Crippen molar-refractivity contribution in [3.8, 4) is 0 Å². The summed E-state index contributed by atoms with van der Waals surface area (Å²) in [6.45, 7) is 1.16. The van der Waals surface area contributed by atoms with E-state index < -0.39 is 0 Å². The topological polar surface area (TPSA) is 44.5 Å². The van der Waals surface area contributed by atoms with Crippen LogP contribution in [-0.4, -0.2) is 18.2 Å². The minimum atomic E-state index is 0.394. The Morgan fingerprint density at radius 2 is 2.10 bits per heavy atom. The lowest BCUT2D eigenvalue weighted by molar-refractivity contribution is 0.0796. The molecule has 1 aliphatic heterocycles. The van der Waals surface area contributed by atoms with E-state index in [-0.39, 0.29) is 0 Å². The molecule has 0 spiro atoms. The van der Waals surface area contributed by atoms with Crippen molar-refractivity contribution in [3.05, 3.63) is 24.6 Å². The van der Waals surface area contributed by atoms with E-state index in [2.05, 4.69) is 4.98 Å². The molecule has 0 atom stereocenters. The quantitative estimate of drug-likeness (QED) is 0.571. The van der Waals surface area contributed by atoms with Crippen molar-refractivity contribution in [2.24, 2.45) is 0 Å². The summed E-state index contributed by atoms with van der Waals surface area (Å²) >= 11 is 0. The Labute approximate surface area is 57.8 Å². The Hall–Kier alpha value is -0.870. The van der Waals surface area contributed by atoms with Gasteiger partial charge in [-0.3, -0.25) is 0 Å². The van der Waals surface area contributed by atoms with Crippen LogP contribution in [0.1, 0.15) is 5.89 Å². The van der Waals surface area contributed by atoms with Crippen LogP contribution in [-0.2, 0) is 9.47 Å². The highest BCUT2D eigenvalue weighted by Gasteiger charge is 2.24. The summed E-state index contributed by atoms with van der Waals surface area (Å²) in [5, 5.41) is 0. The van der Waals surface area contributed by atoms with Crippen molar-refractivity contribution in [2.75, 3.05) is 13.2 Å². The molecule has 1 aromatic rings. The van der Waals surface area contributed by atoms with Gasteiger partial charge in [0.25, 0.3) is 5.89 Å². The average Bonchev–Trinajstić information content (AvgIpc) is 2.59. The SMILES string of the molecule is c1coc([C]2OCCO2)n1. The van der Waals surface area contributed by atoms with Gasteiger partial charge in [-0.15, -0.1) is 0 Å². The van der Waals surface area contributed by atoms with E-state index >= 15 is 0 Å². The van der Waals surface area contributed by atoms with Gasteiger partial charge in [0.15, 0.2) is 0 Å². The van der Waals surface area contributed by atoms with Gasteiger partial charge in [0, 0.05) is 0 Å². The van der Waals surface area contributed by atoms with Gasteiger partial charge < -0.3 is 13.9 Å². The number of ether oxygens (including phenoxy) is 2. The molecule has 0 aromatic carbocycles. The Morgan fingerprint density at radius 1 is 1.30 bits per heavy atom. The molecule has 4 nitrogen and oxygen atoms in total. The highest BCUT2D eigenvalue weighted by atomic mass is 16.7. The summed E-state index contributed by atoms with van der Waals surface area (Å²) in [4.78, 5) is 3.84. The molecule has 1 fully saturated rings. The van der Waals surface area contributed by atoms with Gasteiger partial charge in [-0.25, -0.2) is 4.98 Å². The zero-order valence-corrected chi connectivity index (χ0v) is 5.24. The first kappa shape index (κ1) is 5.88. The smallest absolute Gasteiger partial charge is 0.313 e. The second-order valence-electron chi connectivity index (χ2n) is 1.82. The summed E-state index contributed by atoms with van der Waals surface area (Å²) in [7, 11) is 0. The van der Waals surface area contributed by atoms with Crippen molar-refractivity contribution in [1.82, 2.24) is 4.98 Å². The van der Waals surface area contributed by atoms with Crippen LogP contribution >= 0.6 is 0 Å². The Bertz CT molecular complexity index is 191. The maximum absolute atomic E-state index is 5.04. The number of rotatable bonds is 1. The predicted octanol–water partition coefficient (Wildman–Crippen LogP) is 0.559. The second-order valence-corrected chi connectivity index (χ2v) is 1.82. The van der Waals surface area contributed by atoms with E-state index in [1.54, 1.807) is 6.20 Å². The van der Waals surface area contributed by atoms with Crippen molar-refractivity contribution < 1.29 is 13.9 Å². The molecular formula is C6H6NO3. The van der Waals surface area contributed by atoms with E-state index in [0.717, 1.165) is 0 Å². The van der Waals surface area contributed by atoms with Gasteiger partial charge in [0.1, 0.15) is 6.26 Å². The van der Waals surface area contributed by atoms with Crippen molar-refractivity contribution >= 4 is 0 Å². The largest absolute Gasteiger partial charge is 0.444 e. The molecule has 0 amide bonds. The van der Waals surface area contributed by atoms with Crippen LogP contribution < -0.4 is 0 Å². The number of nitrogens with zero attached hydrogens (tertiary/aromatic N) is 1. The van der Waals surface area contributed by atoms with E-state index in [1.807, 2.05) is 0 Å². The van der Waals surface area contributed by atoms with Crippen molar-refractivity contribution in [1.29, 1.82) is 0 Å². The third kappa shape index (κ3) is 0.913. The normalized spacial score (nSPS) is 20.0. The highest BCUT2D eigenvalue weighted by Crippen LogP contribution is 2.19. The maximum atomic E-state index is 5.04. The molecule has 0 saturated carbocycles. The van der Waals surface area contributed by atoms with Gasteiger partial charge >= 0.3 is 6.29 Å². The zero-order chi connectivity index (χ0) is 6.81. The molecule has 2 heterocycles. The molecule has 1 radical (unpaired) electrons. The summed E-state index contributed by atoms with van der Waals surface area (Å²) in [6.07, 6.45) is 3.42. The van der Waals surface area contributed by atoms with Gasteiger partial charge in [0.05, 0.1) is 19.4 Å². The fourth-order valence-electron chi connectivity index (χ4n) is 0.758. The summed E-state index contributed by atoms with van der Waals surface area (Å²) < 4.78 is 15.0. The van der Waals surface area contributed by atoms with Crippen LogP contribution in [0.5, 0.6) is 0 Å². The first-order valence-corrected chi connectivity index (χ1v) is 2.99. The Morgan fingerprint density at radius 3 is 2.70 bits per heavy atom. The standard InChI is InChI=1S/C6H6NO3/c1-2-8-5(7-1)6-9-3-4-10-6/h1-2H,3-4H2. The molecule has 1 saturated heterocycles. The minimum absolute atomic E-state index is 0.394. The number of hydrogen-bond acceptors (Lipinski definition) is 4. The van der Waals surface area contributed by atoms with Crippen LogP contribution in [0.15, 0.2) is 16.9 Å². The molecule has 1 aliphatic rings. The molecule has 1 aromatic heterocycles. The van der Waals surface area contributed by atoms with Gasteiger partial charge in [-0.2, -0.15) is 0 Å². The van der Waals surface area contributed by atoms with Gasteiger partial charge in [-0.05, 0) is 0 Å². The average molecular weight is 140 g/mol. The third-order valence-corrected chi connectivity index (χ3v) is 1.16. The lowest BCUT2D eigenvalue weighted by Crippen LogP contribution is -1.98. The monoisotopic (exact) mass is 140 g/mol. The van der Waals surface area contributed by atoms with Crippen molar-refractivity contribution in [2.45, 2.75) is 0 Å². The first-order chi connectivity index (χ1) is 4.97. The number of hydrogen-bond donors (Lipinski definition) is 0. The van der Waals surface area contributed by atoms with E-state index in [0.29, 0.717) is 25.4 Å². The minimum Gasteiger partial charge on any atom is -0.444 e. The molecule has 2 rings (SSSR count). The summed E-state index contributed by atoms with van der Waals surface area (Å²) in [6, 6.07) is 0. The zero-order valence-electron chi connectivity index (χ0n) is 5.24. The first-order valence-electron chi connectivity index (χ1n) is 2.99. The van der Waals surface area contributed by atoms with Crippen LogP contribution in [0.4, 0.5) is 0 Å². The number of oxazole rings is 1. The molecule has 53 valence electrons. The number of aromatic nitrogens is 1. The van der Waals surface area contributed by atoms with Crippen LogP contribution in [0.3, 0.4) is 0 Å². The van der Waals surface area contributed by atoms with E-state index in [1.165, 1.54) is 6.26 Å². The van der Waals surface area contributed by atoms with Crippen LogP contribution in [0, 0.1) is 6.29 Å². The van der Waals surface area contributed by atoms with Gasteiger partial charge in [0.2, 0.25) is 0 Å². The Kier molecular flexibility index (Phi) is 1.41. The fourth-order valence-corrected chi connectivity index (χ4v) is 0.758. The third-order valence-electron chi connectivity index (χ3n) is 1.16. The predicted molar refractivity (Wildman–Crippen MR) is 30.8 cm³/mol. The molecule has 0 aliphatic carbocycles. The van der Waals surface area contributed by atoms with Crippen LogP contribution in [0.2, 0.25) is 0 Å². The Balaban J connectivity index is 2.12. The van der Waals surface area contributed by atoms with Crippen molar-refractivity contribution in [3.63, 3.8) is 0 Å². The molecule has 0 bridgehead atoms. The molecule has 4 heteroatoms. The molecule has 0 unspecified atom stereocenters. The maximum Gasteiger partial charge on any atom is 0.313 e. The highest BCUT2D eigenvalue weighted by molar-refractivity contribution is 4.98. The summed E-state index contributed by atoms with van der Waals surface area (Å²) in [5.41, 5.74) is 0. The fraction of sp³-hybridized carbons (Fsp3) is 0.333. The lowest BCUT2D eigenvalue weighted by atomic mass is 10.6. The van der Waals surface area contributed by atoms with E-state index in [4.69, 9.17) is 13.9 Å². The molecular weight excluding hydrogens is 134 g/mol.